The van der Waals surface area contributed by atoms with E-state index in [-0.39, 0.29) is 5.91 Å². The average molecular weight is 496 g/mol. The number of benzene rings is 2. The van der Waals surface area contributed by atoms with Crippen molar-refractivity contribution in [2.45, 2.75) is 65.1 Å². The fourth-order valence-corrected chi connectivity index (χ4v) is 5.74. The molecule has 1 heterocycles. The standard InChI is InChI=1S/C28H38ClN5O/c1-7-34(23-12-10-22(11-13-23)32(4)5)26-15-21(29)14-24(19(26)3)28(35)30-16-20-9-8-18(2)25-17-33(6)31-27(20)25/h8-9,14-15,17,22-23H,7,10-13,16H2,1-6H3,(H,30,35). The fraction of sp³-hybridized carbons (Fsp3) is 0.500. The number of nitrogens with zero attached hydrogens (tertiary/aromatic N) is 4. The van der Waals surface area contributed by atoms with Crippen LogP contribution in [0.4, 0.5) is 5.69 Å². The first-order valence-corrected chi connectivity index (χ1v) is 13.0. The summed E-state index contributed by atoms with van der Waals surface area (Å²) >= 11 is 6.56. The Morgan fingerprint density at radius 3 is 2.49 bits per heavy atom. The third-order valence-corrected chi connectivity index (χ3v) is 7.83. The van der Waals surface area contributed by atoms with Gasteiger partial charge in [-0.3, -0.25) is 9.48 Å². The van der Waals surface area contributed by atoms with Crippen molar-refractivity contribution < 1.29 is 4.79 Å². The molecule has 0 spiro atoms. The van der Waals surface area contributed by atoms with Crippen LogP contribution < -0.4 is 10.2 Å². The molecule has 1 saturated carbocycles. The number of carbonyl (C=O) groups is 1. The lowest BCUT2D eigenvalue weighted by Gasteiger charge is -2.40. The molecule has 1 aliphatic carbocycles. The molecular weight excluding hydrogens is 458 g/mol. The highest BCUT2D eigenvalue weighted by Crippen LogP contribution is 2.34. The van der Waals surface area contributed by atoms with Crippen LogP contribution in [0.25, 0.3) is 10.9 Å². The Morgan fingerprint density at radius 2 is 1.83 bits per heavy atom. The van der Waals surface area contributed by atoms with Crippen LogP contribution in [-0.4, -0.2) is 53.3 Å². The lowest BCUT2D eigenvalue weighted by molar-refractivity contribution is 0.0950. The maximum absolute atomic E-state index is 13.3. The van der Waals surface area contributed by atoms with E-state index in [4.69, 9.17) is 11.6 Å². The van der Waals surface area contributed by atoms with Crippen LogP contribution in [0.5, 0.6) is 0 Å². The maximum Gasteiger partial charge on any atom is 0.251 e. The highest BCUT2D eigenvalue weighted by Gasteiger charge is 2.28. The molecule has 1 N–H and O–H groups in total. The van der Waals surface area contributed by atoms with Crippen LogP contribution in [0.2, 0.25) is 5.02 Å². The van der Waals surface area contributed by atoms with Gasteiger partial charge in [0, 0.05) is 60.1 Å². The van der Waals surface area contributed by atoms with E-state index in [9.17, 15) is 4.79 Å². The van der Waals surface area contributed by atoms with Crippen molar-refractivity contribution in [1.29, 1.82) is 0 Å². The van der Waals surface area contributed by atoms with Gasteiger partial charge >= 0.3 is 0 Å². The van der Waals surface area contributed by atoms with E-state index >= 15 is 0 Å². The van der Waals surface area contributed by atoms with Gasteiger partial charge in [-0.2, -0.15) is 5.10 Å². The first kappa shape index (κ1) is 25.5. The van der Waals surface area contributed by atoms with Gasteiger partial charge in [0.25, 0.3) is 5.91 Å². The Balaban J connectivity index is 1.54. The molecular formula is C28H38ClN5O. The molecule has 1 aliphatic rings. The molecule has 1 fully saturated rings. The van der Waals surface area contributed by atoms with Crippen molar-refractivity contribution in [2.75, 3.05) is 25.5 Å². The van der Waals surface area contributed by atoms with Crippen LogP contribution in [0, 0.1) is 13.8 Å². The molecule has 0 atom stereocenters. The molecule has 3 aromatic rings. The zero-order chi connectivity index (χ0) is 25.3. The van der Waals surface area contributed by atoms with Gasteiger partial charge < -0.3 is 15.1 Å². The number of rotatable bonds is 7. The van der Waals surface area contributed by atoms with Crippen molar-refractivity contribution in [3.8, 4) is 0 Å². The Hall–Kier alpha value is -2.57. The molecule has 4 rings (SSSR count). The Bertz CT molecular complexity index is 1210. The normalized spacial score (nSPS) is 18.3. The second-order valence-corrected chi connectivity index (χ2v) is 10.5. The zero-order valence-corrected chi connectivity index (χ0v) is 22.6. The van der Waals surface area contributed by atoms with Crippen LogP contribution in [0.15, 0.2) is 30.5 Å². The summed E-state index contributed by atoms with van der Waals surface area (Å²) in [5.41, 5.74) is 5.81. The van der Waals surface area contributed by atoms with Crippen LogP contribution in [-0.2, 0) is 13.6 Å². The predicted molar refractivity (Wildman–Crippen MR) is 146 cm³/mol. The summed E-state index contributed by atoms with van der Waals surface area (Å²) in [6.45, 7) is 7.61. The molecule has 0 unspecified atom stereocenters. The van der Waals surface area contributed by atoms with Gasteiger partial charge in [0.1, 0.15) is 0 Å². The molecule has 6 nitrogen and oxygen atoms in total. The Kier molecular flexibility index (Phi) is 7.72. The summed E-state index contributed by atoms with van der Waals surface area (Å²) in [6, 6.07) is 9.06. The number of aromatic nitrogens is 2. The van der Waals surface area contributed by atoms with Gasteiger partial charge in [-0.05, 0) is 89.4 Å². The summed E-state index contributed by atoms with van der Waals surface area (Å²) in [6.07, 6.45) is 6.71. The molecule has 2 aromatic carbocycles. The second-order valence-electron chi connectivity index (χ2n) is 10.1. The third kappa shape index (κ3) is 5.34. The number of anilines is 1. The molecule has 35 heavy (non-hydrogen) atoms. The predicted octanol–water partition coefficient (Wildman–Crippen LogP) is 5.47. The summed E-state index contributed by atoms with van der Waals surface area (Å²) in [4.78, 5) is 18.1. The summed E-state index contributed by atoms with van der Waals surface area (Å²) in [7, 11) is 6.26. The van der Waals surface area contributed by atoms with Crippen LogP contribution >= 0.6 is 11.6 Å². The van der Waals surface area contributed by atoms with Crippen LogP contribution in [0.3, 0.4) is 0 Å². The molecule has 0 bridgehead atoms. The second kappa shape index (κ2) is 10.6. The smallest absolute Gasteiger partial charge is 0.251 e. The lowest BCUT2D eigenvalue weighted by Crippen LogP contribution is -2.42. The highest BCUT2D eigenvalue weighted by atomic mass is 35.5. The minimum atomic E-state index is -0.108. The minimum Gasteiger partial charge on any atom is -0.369 e. The highest BCUT2D eigenvalue weighted by molar-refractivity contribution is 6.31. The Morgan fingerprint density at radius 1 is 1.14 bits per heavy atom. The topological polar surface area (TPSA) is 53.4 Å². The summed E-state index contributed by atoms with van der Waals surface area (Å²) < 4.78 is 1.82. The summed E-state index contributed by atoms with van der Waals surface area (Å²) in [5.74, 6) is -0.108. The number of hydrogen-bond donors (Lipinski definition) is 1. The van der Waals surface area contributed by atoms with E-state index in [1.165, 1.54) is 18.4 Å². The first-order chi connectivity index (χ1) is 16.7. The number of halogens is 1. The minimum absolute atomic E-state index is 0.108. The van der Waals surface area contributed by atoms with E-state index in [0.717, 1.165) is 47.1 Å². The zero-order valence-electron chi connectivity index (χ0n) is 21.9. The molecule has 1 aromatic heterocycles. The van der Waals surface area contributed by atoms with Gasteiger partial charge in [-0.15, -0.1) is 0 Å². The van der Waals surface area contributed by atoms with Crippen molar-refractivity contribution in [2.24, 2.45) is 7.05 Å². The quantitative estimate of drug-likeness (QED) is 0.472. The number of fused-ring (bicyclic) bond motifs is 1. The van der Waals surface area contributed by atoms with Gasteiger partial charge in [0.05, 0.1) is 5.52 Å². The largest absolute Gasteiger partial charge is 0.369 e. The van der Waals surface area contributed by atoms with Crippen LogP contribution in [0.1, 0.15) is 59.7 Å². The molecule has 7 heteroatoms. The van der Waals surface area contributed by atoms with E-state index < -0.39 is 0 Å². The van der Waals surface area contributed by atoms with Gasteiger partial charge in [0.2, 0.25) is 0 Å². The fourth-order valence-electron chi connectivity index (χ4n) is 5.53. The number of hydrogen-bond acceptors (Lipinski definition) is 4. The number of amides is 1. The van der Waals surface area contributed by atoms with Gasteiger partial charge in [-0.25, -0.2) is 0 Å². The van der Waals surface area contributed by atoms with Crippen molar-refractivity contribution in [3.05, 3.63) is 57.7 Å². The number of aryl methyl sites for hydroxylation is 2. The van der Waals surface area contributed by atoms with Crippen molar-refractivity contribution in [3.63, 3.8) is 0 Å². The van der Waals surface area contributed by atoms with Crippen molar-refractivity contribution in [1.82, 2.24) is 20.0 Å². The lowest BCUT2D eigenvalue weighted by atomic mass is 9.89. The van der Waals surface area contributed by atoms with E-state index in [1.807, 2.05) is 37.0 Å². The Labute approximate surface area is 214 Å². The van der Waals surface area contributed by atoms with E-state index in [1.54, 1.807) is 6.07 Å². The molecule has 0 saturated heterocycles. The SMILES string of the molecule is CCN(c1cc(Cl)cc(C(=O)NCc2ccc(C)c3cn(C)nc23)c1C)C1CCC(N(C)C)CC1. The van der Waals surface area contributed by atoms with Gasteiger partial charge in [0.15, 0.2) is 0 Å². The molecule has 0 aliphatic heterocycles. The van der Waals surface area contributed by atoms with E-state index in [0.29, 0.717) is 29.2 Å². The molecule has 0 radical (unpaired) electrons. The average Bonchev–Trinajstić information content (AvgIpc) is 3.23. The van der Waals surface area contributed by atoms with Crippen molar-refractivity contribution >= 4 is 34.1 Å². The van der Waals surface area contributed by atoms with Gasteiger partial charge in [-0.1, -0.05) is 23.7 Å². The summed E-state index contributed by atoms with van der Waals surface area (Å²) in [5, 5.41) is 9.43. The molecule has 1 amide bonds. The molecule has 188 valence electrons. The number of nitrogens with one attached hydrogen (secondary N) is 1. The maximum atomic E-state index is 13.3. The monoisotopic (exact) mass is 495 g/mol. The van der Waals surface area contributed by atoms with E-state index in [2.05, 4.69) is 54.2 Å². The first-order valence-electron chi connectivity index (χ1n) is 12.6. The number of carbonyl (C=O) groups excluding carboxylic acids is 1. The third-order valence-electron chi connectivity index (χ3n) is 7.61.